The van der Waals surface area contributed by atoms with Crippen molar-refractivity contribution in [2.75, 3.05) is 31.6 Å². The average Bonchev–Trinajstić information content (AvgIpc) is 3.25. The van der Waals surface area contributed by atoms with Gasteiger partial charge in [0.05, 0.1) is 17.4 Å². The molecule has 2 aromatic carbocycles. The number of nitrogens with two attached hydrogens (primary N) is 1. The molecular weight excluding hydrogens is 394 g/mol. The zero-order chi connectivity index (χ0) is 19.8. The Kier molecular flexibility index (Phi) is 8.92. The van der Waals surface area contributed by atoms with E-state index in [1.165, 1.54) is 0 Å². The summed E-state index contributed by atoms with van der Waals surface area (Å²) < 4.78 is 11.3. The van der Waals surface area contributed by atoms with E-state index >= 15 is 0 Å². The second-order valence-electron chi connectivity index (χ2n) is 6.52. The Morgan fingerprint density at radius 2 is 1.97 bits per heavy atom. The molecule has 0 radical (unpaired) electrons. The van der Waals surface area contributed by atoms with Crippen molar-refractivity contribution in [1.29, 1.82) is 0 Å². The summed E-state index contributed by atoms with van der Waals surface area (Å²) >= 11 is 0. The van der Waals surface area contributed by atoms with Crippen LogP contribution in [-0.2, 0) is 4.74 Å². The predicted octanol–water partition coefficient (Wildman–Crippen LogP) is 2.61. The molecule has 0 saturated carbocycles. The van der Waals surface area contributed by atoms with Crippen LogP contribution in [0.2, 0.25) is 0 Å². The van der Waals surface area contributed by atoms with Crippen LogP contribution >= 0.6 is 12.4 Å². The van der Waals surface area contributed by atoms with E-state index < -0.39 is 0 Å². The first-order chi connectivity index (χ1) is 13.7. The van der Waals surface area contributed by atoms with Gasteiger partial charge in [-0.05, 0) is 43.2 Å². The quantitative estimate of drug-likeness (QED) is 0.610. The zero-order valence-corrected chi connectivity index (χ0v) is 16.9. The first kappa shape index (κ1) is 22.7. The second kappa shape index (κ2) is 11.4. The molecule has 1 unspecified atom stereocenters. The summed E-state index contributed by atoms with van der Waals surface area (Å²) in [6.45, 7) is 1.95. The summed E-state index contributed by atoms with van der Waals surface area (Å²) in [5.41, 5.74) is 6.69. The summed E-state index contributed by atoms with van der Waals surface area (Å²) in [6, 6.07) is 13.8. The number of carbonyl (C=O) groups excluding carboxylic acids is 2. The van der Waals surface area contributed by atoms with Crippen LogP contribution in [0.5, 0.6) is 5.75 Å². The maximum atomic E-state index is 12.7. The van der Waals surface area contributed by atoms with Crippen molar-refractivity contribution in [1.82, 2.24) is 5.32 Å². The normalized spacial score (nSPS) is 15.3. The van der Waals surface area contributed by atoms with Crippen LogP contribution in [0.25, 0.3) is 0 Å². The van der Waals surface area contributed by atoms with Gasteiger partial charge in [-0.15, -0.1) is 12.4 Å². The van der Waals surface area contributed by atoms with Gasteiger partial charge in [0, 0.05) is 25.3 Å². The third-order valence-corrected chi connectivity index (χ3v) is 4.41. The van der Waals surface area contributed by atoms with Crippen molar-refractivity contribution in [2.24, 2.45) is 5.73 Å². The van der Waals surface area contributed by atoms with Crippen LogP contribution < -0.4 is 21.1 Å². The molecule has 3 rings (SSSR count). The van der Waals surface area contributed by atoms with Crippen LogP contribution in [0.15, 0.2) is 48.5 Å². The number of halogens is 1. The van der Waals surface area contributed by atoms with E-state index in [4.69, 9.17) is 15.2 Å². The maximum Gasteiger partial charge on any atom is 0.255 e. The van der Waals surface area contributed by atoms with E-state index in [1.807, 2.05) is 0 Å². The fraction of sp³-hybridized carbons (Fsp3) is 0.333. The summed E-state index contributed by atoms with van der Waals surface area (Å²) in [7, 11) is 0. The van der Waals surface area contributed by atoms with Crippen molar-refractivity contribution >= 4 is 29.9 Å². The van der Waals surface area contributed by atoms with E-state index in [0.717, 1.165) is 19.4 Å². The van der Waals surface area contributed by atoms with Gasteiger partial charge in [-0.2, -0.15) is 0 Å². The summed E-state index contributed by atoms with van der Waals surface area (Å²) in [4.78, 5) is 24.9. The van der Waals surface area contributed by atoms with Crippen LogP contribution in [0.1, 0.15) is 33.6 Å². The SMILES string of the molecule is Cl.NCCNC(=O)c1ccccc1NC(=O)c1cccc(OCC2CCCO2)c1. The van der Waals surface area contributed by atoms with Gasteiger partial charge in [0.15, 0.2) is 0 Å². The van der Waals surface area contributed by atoms with Crippen molar-refractivity contribution < 1.29 is 19.1 Å². The minimum atomic E-state index is -0.318. The lowest BCUT2D eigenvalue weighted by molar-refractivity contribution is 0.0679. The Morgan fingerprint density at radius 1 is 1.14 bits per heavy atom. The van der Waals surface area contributed by atoms with Crippen LogP contribution in [0.3, 0.4) is 0 Å². The number of hydrogen-bond acceptors (Lipinski definition) is 5. The predicted molar refractivity (Wildman–Crippen MR) is 114 cm³/mol. The monoisotopic (exact) mass is 419 g/mol. The highest BCUT2D eigenvalue weighted by molar-refractivity contribution is 6.09. The molecule has 8 heteroatoms. The minimum Gasteiger partial charge on any atom is -0.491 e. The molecule has 7 nitrogen and oxygen atoms in total. The number of carbonyl (C=O) groups is 2. The Bertz CT molecular complexity index is 825. The molecule has 1 aliphatic heterocycles. The van der Waals surface area contributed by atoms with E-state index in [2.05, 4.69) is 10.6 Å². The number of nitrogens with one attached hydrogen (secondary N) is 2. The van der Waals surface area contributed by atoms with Gasteiger partial charge in [-0.1, -0.05) is 18.2 Å². The number of amides is 2. The summed E-state index contributed by atoms with van der Waals surface area (Å²) in [5.74, 6) is 0.00811. The van der Waals surface area contributed by atoms with Crippen LogP contribution in [0.4, 0.5) is 5.69 Å². The number of rotatable bonds is 8. The fourth-order valence-corrected chi connectivity index (χ4v) is 2.96. The Labute approximate surface area is 176 Å². The first-order valence-electron chi connectivity index (χ1n) is 9.40. The van der Waals surface area contributed by atoms with Gasteiger partial charge in [-0.3, -0.25) is 9.59 Å². The molecule has 1 fully saturated rings. The van der Waals surface area contributed by atoms with E-state index in [1.54, 1.807) is 48.5 Å². The molecule has 4 N–H and O–H groups in total. The van der Waals surface area contributed by atoms with Gasteiger partial charge < -0.3 is 25.8 Å². The molecular formula is C21H26ClN3O4. The second-order valence-corrected chi connectivity index (χ2v) is 6.52. The molecule has 0 aromatic heterocycles. The lowest BCUT2D eigenvalue weighted by atomic mass is 10.1. The van der Waals surface area contributed by atoms with Gasteiger partial charge in [0.1, 0.15) is 12.4 Å². The van der Waals surface area contributed by atoms with Crippen molar-refractivity contribution in [2.45, 2.75) is 18.9 Å². The highest BCUT2D eigenvalue weighted by Gasteiger charge is 2.17. The molecule has 1 aliphatic rings. The molecule has 1 heterocycles. The lowest BCUT2D eigenvalue weighted by Gasteiger charge is -2.13. The van der Waals surface area contributed by atoms with Crippen LogP contribution in [0, 0.1) is 0 Å². The largest absolute Gasteiger partial charge is 0.491 e. The topological polar surface area (TPSA) is 103 Å². The van der Waals surface area contributed by atoms with Gasteiger partial charge >= 0.3 is 0 Å². The number of hydrogen-bond donors (Lipinski definition) is 3. The standard InChI is InChI=1S/C21H25N3O4.ClH/c22-10-11-23-21(26)18-8-1-2-9-19(18)24-20(25)15-5-3-6-16(13-15)28-14-17-7-4-12-27-17;/h1-3,5-6,8-9,13,17H,4,7,10-12,14,22H2,(H,23,26)(H,24,25);1H. The van der Waals surface area contributed by atoms with Crippen molar-refractivity contribution in [3.05, 3.63) is 59.7 Å². The van der Waals surface area contributed by atoms with Gasteiger partial charge in [-0.25, -0.2) is 0 Å². The Balaban J connectivity index is 0.00000300. The molecule has 2 amide bonds. The summed E-state index contributed by atoms with van der Waals surface area (Å²) in [5, 5.41) is 5.50. The molecule has 0 spiro atoms. The third-order valence-electron chi connectivity index (χ3n) is 4.41. The Hall–Kier alpha value is -2.61. The average molecular weight is 420 g/mol. The number of para-hydroxylation sites is 1. The minimum absolute atomic E-state index is 0. The van der Waals surface area contributed by atoms with Gasteiger partial charge in [0.2, 0.25) is 0 Å². The van der Waals surface area contributed by atoms with E-state index in [-0.39, 0.29) is 30.3 Å². The lowest BCUT2D eigenvalue weighted by Crippen LogP contribution is -2.30. The van der Waals surface area contributed by atoms with E-state index in [0.29, 0.717) is 42.3 Å². The number of anilines is 1. The highest BCUT2D eigenvalue weighted by Crippen LogP contribution is 2.20. The Morgan fingerprint density at radius 3 is 2.72 bits per heavy atom. The molecule has 156 valence electrons. The molecule has 0 aliphatic carbocycles. The van der Waals surface area contributed by atoms with Crippen molar-refractivity contribution in [3.63, 3.8) is 0 Å². The smallest absolute Gasteiger partial charge is 0.255 e. The first-order valence-corrected chi connectivity index (χ1v) is 9.40. The van der Waals surface area contributed by atoms with E-state index in [9.17, 15) is 9.59 Å². The number of ether oxygens (including phenoxy) is 2. The molecule has 1 atom stereocenters. The van der Waals surface area contributed by atoms with Crippen LogP contribution in [-0.4, -0.2) is 44.2 Å². The maximum absolute atomic E-state index is 12.7. The highest BCUT2D eigenvalue weighted by atomic mass is 35.5. The van der Waals surface area contributed by atoms with Gasteiger partial charge in [0.25, 0.3) is 11.8 Å². The molecule has 2 aromatic rings. The third kappa shape index (κ3) is 6.45. The molecule has 1 saturated heterocycles. The molecule has 0 bridgehead atoms. The number of benzene rings is 2. The zero-order valence-electron chi connectivity index (χ0n) is 16.1. The summed E-state index contributed by atoms with van der Waals surface area (Å²) in [6.07, 6.45) is 2.15. The fourth-order valence-electron chi connectivity index (χ4n) is 2.96. The molecule has 29 heavy (non-hydrogen) atoms. The van der Waals surface area contributed by atoms with Crippen molar-refractivity contribution in [3.8, 4) is 5.75 Å².